The van der Waals surface area contributed by atoms with Crippen LogP contribution in [0.2, 0.25) is 0 Å². The van der Waals surface area contributed by atoms with Gasteiger partial charge in [-0.15, -0.1) is 12.4 Å². The Kier molecular flexibility index (Phi) is 5.74. The quantitative estimate of drug-likeness (QED) is 0.668. The lowest BCUT2D eigenvalue weighted by Crippen LogP contribution is -2.42. The van der Waals surface area contributed by atoms with Crippen LogP contribution in [0.4, 0.5) is 5.69 Å². The zero-order valence-corrected chi connectivity index (χ0v) is 11.8. The van der Waals surface area contributed by atoms with Gasteiger partial charge in [-0.2, -0.15) is 5.10 Å². The lowest BCUT2D eigenvalue weighted by atomic mass is 10.2. The van der Waals surface area contributed by atoms with Crippen LogP contribution in [0.15, 0.2) is 47.7 Å². The maximum Gasteiger partial charge on any atom is 0.268 e. The standard InChI is InChI=1S/C13H15N5O.ClH/c1-2-15-13(14)18(11-6-4-3-5-7-11)12(19)10-8-16-17-9-10;/h3-9H,2H2,1H3,(H2,14,15)(H,16,17);1H. The lowest BCUT2D eigenvalue weighted by Gasteiger charge is -2.21. The van der Waals surface area contributed by atoms with Crippen LogP contribution in [-0.4, -0.2) is 28.6 Å². The first-order chi connectivity index (χ1) is 9.24. The molecule has 1 heterocycles. The molecule has 0 saturated carbocycles. The number of carbonyl (C=O) groups excluding carboxylic acids is 1. The van der Waals surface area contributed by atoms with E-state index in [0.717, 1.165) is 0 Å². The summed E-state index contributed by atoms with van der Waals surface area (Å²) < 4.78 is 0. The minimum absolute atomic E-state index is 0. The highest BCUT2D eigenvalue weighted by molar-refractivity contribution is 6.21. The van der Waals surface area contributed by atoms with Crippen LogP contribution in [0, 0.1) is 0 Å². The SMILES string of the molecule is CCN=C(N)N(C(=O)c1cn[nH]c1)c1ccccc1.Cl. The third-order valence-corrected chi connectivity index (χ3v) is 2.51. The van der Waals surface area contributed by atoms with E-state index in [9.17, 15) is 4.79 Å². The first kappa shape index (κ1) is 15.7. The highest BCUT2D eigenvalue weighted by atomic mass is 35.5. The molecule has 0 fully saturated rings. The van der Waals surface area contributed by atoms with Crippen molar-refractivity contribution in [2.24, 2.45) is 10.7 Å². The van der Waals surface area contributed by atoms with Gasteiger partial charge in [-0.05, 0) is 19.1 Å². The van der Waals surface area contributed by atoms with Gasteiger partial charge < -0.3 is 5.73 Å². The van der Waals surface area contributed by atoms with Gasteiger partial charge in [-0.3, -0.25) is 14.9 Å². The van der Waals surface area contributed by atoms with Crippen molar-refractivity contribution in [2.45, 2.75) is 6.92 Å². The Morgan fingerprint density at radius 3 is 2.65 bits per heavy atom. The summed E-state index contributed by atoms with van der Waals surface area (Å²) >= 11 is 0. The molecule has 6 nitrogen and oxygen atoms in total. The molecule has 0 bridgehead atoms. The van der Waals surface area contributed by atoms with Gasteiger partial charge in [0.15, 0.2) is 0 Å². The van der Waals surface area contributed by atoms with Crippen molar-refractivity contribution in [3.8, 4) is 0 Å². The van der Waals surface area contributed by atoms with Crippen LogP contribution in [0.1, 0.15) is 17.3 Å². The van der Waals surface area contributed by atoms with Crippen molar-refractivity contribution in [1.29, 1.82) is 0 Å². The van der Waals surface area contributed by atoms with Gasteiger partial charge in [0.1, 0.15) is 0 Å². The van der Waals surface area contributed by atoms with Gasteiger partial charge >= 0.3 is 0 Å². The molecular weight excluding hydrogens is 278 g/mol. The molecule has 0 aliphatic heterocycles. The van der Waals surface area contributed by atoms with E-state index in [1.54, 1.807) is 12.1 Å². The molecule has 0 spiro atoms. The zero-order chi connectivity index (χ0) is 13.7. The van der Waals surface area contributed by atoms with Crippen LogP contribution in [-0.2, 0) is 0 Å². The molecule has 7 heteroatoms. The summed E-state index contributed by atoms with van der Waals surface area (Å²) in [5, 5.41) is 6.38. The second-order valence-electron chi connectivity index (χ2n) is 3.80. The maximum absolute atomic E-state index is 12.4. The molecule has 0 aliphatic rings. The molecule has 0 radical (unpaired) electrons. The lowest BCUT2D eigenvalue weighted by molar-refractivity contribution is 0.100. The fourth-order valence-corrected chi connectivity index (χ4v) is 1.66. The summed E-state index contributed by atoms with van der Waals surface area (Å²) in [6.45, 7) is 2.37. The summed E-state index contributed by atoms with van der Waals surface area (Å²) in [4.78, 5) is 17.9. The Labute approximate surface area is 123 Å². The van der Waals surface area contributed by atoms with Crippen molar-refractivity contribution < 1.29 is 4.79 Å². The minimum Gasteiger partial charge on any atom is -0.369 e. The van der Waals surface area contributed by atoms with Gasteiger partial charge in [0.25, 0.3) is 5.91 Å². The zero-order valence-electron chi connectivity index (χ0n) is 11.0. The fourth-order valence-electron chi connectivity index (χ4n) is 1.66. The fraction of sp³-hybridized carbons (Fsp3) is 0.154. The van der Waals surface area contributed by atoms with E-state index in [1.807, 2.05) is 25.1 Å². The molecule has 0 atom stereocenters. The molecule has 106 valence electrons. The van der Waals surface area contributed by atoms with Crippen molar-refractivity contribution in [3.05, 3.63) is 48.3 Å². The molecule has 2 rings (SSSR count). The molecule has 1 aromatic carbocycles. The number of hydrogen-bond donors (Lipinski definition) is 2. The predicted octanol–water partition coefficient (Wildman–Crippen LogP) is 1.81. The number of halogens is 1. The number of para-hydroxylation sites is 1. The smallest absolute Gasteiger partial charge is 0.268 e. The number of aromatic nitrogens is 2. The highest BCUT2D eigenvalue weighted by Gasteiger charge is 2.21. The third kappa shape index (κ3) is 3.36. The van der Waals surface area contributed by atoms with Crippen molar-refractivity contribution in [3.63, 3.8) is 0 Å². The average molecular weight is 294 g/mol. The van der Waals surface area contributed by atoms with E-state index in [4.69, 9.17) is 5.73 Å². The predicted molar refractivity (Wildman–Crippen MR) is 81.3 cm³/mol. The number of anilines is 1. The Morgan fingerprint density at radius 2 is 2.10 bits per heavy atom. The van der Waals surface area contributed by atoms with E-state index in [-0.39, 0.29) is 24.3 Å². The second kappa shape index (κ2) is 7.30. The van der Waals surface area contributed by atoms with E-state index in [1.165, 1.54) is 17.3 Å². The van der Waals surface area contributed by atoms with Gasteiger partial charge in [0.2, 0.25) is 5.96 Å². The van der Waals surface area contributed by atoms with Crippen LogP contribution >= 0.6 is 12.4 Å². The first-order valence-corrected chi connectivity index (χ1v) is 5.92. The third-order valence-electron chi connectivity index (χ3n) is 2.51. The molecular formula is C13H16ClN5O. The Morgan fingerprint density at radius 1 is 1.40 bits per heavy atom. The number of carbonyl (C=O) groups is 1. The number of H-pyrrole nitrogens is 1. The average Bonchev–Trinajstić information content (AvgIpc) is 2.94. The van der Waals surface area contributed by atoms with Crippen molar-refractivity contribution in [2.75, 3.05) is 11.4 Å². The van der Waals surface area contributed by atoms with Gasteiger partial charge in [0, 0.05) is 12.7 Å². The number of amides is 1. The molecule has 2 aromatic rings. The number of rotatable bonds is 3. The second-order valence-corrected chi connectivity index (χ2v) is 3.80. The molecule has 0 unspecified atom stereocenters. The van der Waals surface area contributed by atoms with E-state index >= 15 is 0 Å². The van der Waals surface area contributed by atoms with Crippen LogP contribution in [0.5, 0.6) is 0 Å². The highest BCUT2D eigenvalue weighted by Crippen LogP contribution is 2.16. The molecule has 1 aromatic heterocycles. The minimum atomic E-state index is -0.269. The van der Waals surface area contributed by atoms with Crippen molar-refractivity contribution in [1.82, 2.24) is 10.2 Å². The van der Waals surface area contributed by atoms with Gasteiger partial charge in [0.05, 0.1) is 17.4 Å². The summed E-state index contributed by atoms with van der Waals surface area (Å²) in [5.74, 6) is -0.102. The van der Waals surface area contributed by atoms with Gasteiger partial charge in [-0.1, -0.05) is 18.2 Å². The topological polar surface area (TPSA) is 87.4 Å². The van der Waals surface area contributed by atoms with Crippen LogP contribution < -0.4 is 10.6 Å². The number of guanidine groups is 1. The van der Waals surface area contributed by atoms with Crippen LogP contribution in [0.3, 0.4) is 0 Å². The van der Waals surface area contributed by atoms with E-state index < -0.39 is 0 Å². The summed E-state index contributed by atoms with van der Waals surface area (Å²) in [5.41, 5.74) is 6.99. The molecule has 1 amide bonds. The molecule has 0 saturated heterocycles. The van der Waals surface area contributed by atoms with E-state index in [0.29, 0.717) is 17.8 Å². The molecule has 0 aliphatic carbocycles. The van der Waals surface area contributed by atoms with E-state index in [2.05, 4.69) is 15.2 Å². The normalized spacial score (nSPS) is 10.8. The summed E-state index contributed by atoms with van der Waals surface area (Å²) in [6.07, 6.45) is 2.98. The molecule has 3 N–H and O–H groups in total. The van der Waals surface area contributed by atoms with Gasteiger partial charge in [-0.25, -0.2) is 4.90 Å². The monoisotopic (exact) mass is 293 g/mol. The largest absolute Gasteiger partial charge is 0.369 e. The van der Waals surface area contributed by atoms with Crippen LogP contribution in [0.25, 0.3) is 0 Å². The number of aromatic amines is 1. The number of nitrogens with zero attached hydrogens (tertiary/aromatic N) is 3. The Hall–Kier alpha value is -2.34. The maximum atomic E-state index is 12.4. The Bertz CT molecular complexity index is 568. The Balaban J connectivity index is 0.00000200. The number of nitrogens with one attached hydrogen (secondary N) is 1. The summed E-state index contributed by atoms with van der Waals surface area (Å²) in [7, 11) is 0. The number of nitrogens with two attached hydrogens (primary N) is 1. The number of hydrogen-bond acceptors (Lipinski definition) is 3. The number of aliphatic imine (C=N–C) groups is 1. The van der Waals surface area contributed by atoms with Crippen molar-refractivity contribution >= 4 is 30.0 Å². The first-order valence-electron chi connectivity index (χ1n) is 5.92. The molecule has 20 heavy (non-hydrogen) atoms. The summed E-state index contributed by atoms with van der Waals surface area (Å²) in [6, 6.07) is 9.15. The number of benzene rings is 1.